The third kappa shape index (κ3) is 2.70. The topological polar surface area (TPSA) is 20.2 Å². The van der Waals surface area contributed by atoms with Gasteiger partial charge in [-0.25, -0.2) is 0 Å². The maximum Gasteiger partial charge on any atom is 1.00 e. The minimum Gasteiger partial charge on any atom is -0.780 e. The first-order chi connectivity index (χ1) is 3.79. The molecule has 1 aromatic carbocycles. The van der Waals surface area contributed by atoms with Gasteiger partial charge in [-0.3, -0.25) is 0 Å². The van der Waals surface area contributed by atoms with E-state index in [1.807, 2.05) is 0 Å². The van der Waals surface area contributed by atoms with Crippen LogP contribution in [0.15, 0.2) is 29.2 Å². The molecular weight excluding hydrogens is 184 g/mol. The van der Waals surface area contributed by atoms with Crippen LogP contribution in [0.4, 0.5) is 0 Å². The summed E-state index contributed by atoms with van der Waals surface area (Å²) in [6.07, 6.45) is 0. The molecule has 52 valence electrons. The predicted molar refractivity (Wildman–Crippen MR) is 33.7 cm³/mol. The van der Waals surface area contributed by atoms with Gasteiger partial charge in [0.25, 0.3) is 0 Å². The molecule has 1 aromatic rings. The number of rotatable bonds is 0. The number of hydrogen-bond donors (Lipinski definition) is 1. The van der Waals surface area contributed by atoms with E-state index < -0.39 is 0 Å². The second-order valence-corrected chi connectivity index (χ2v) is 1.97. The summed E-state index contributed by atoms with van der Waals surface area (Å²) >= 11 is 4.76. The van der Waals surface area contributed by atoms with Crippen LogP contribution in [0.2, 0.25) is 0 Å². The summed E-state index contributed by atoms with van der Waals surface area (Å²) in [5.41, 5.74) is 0. The normalized spacial score (nSPS) is 8.00. The molecule has 0 fully saturated rings. The second kappa shape index (κ2) is 3.72. The molecule has 0 unspecified atom stereocenters. The standard InChI is InChI=1S/C6H6OS.Cu/c7-5-1-3-6(8)4-2-5;/h1-4,7-8H;/q;+1/p-1. The van der Waals surface area contributed by atoms with Crippen molar-refractivity contribution in [1.82, 2.24) is 0 Å². The van der Waals surface area contributed by atoms with E-state index in [0.29, 0.717) is 0 Å². The first-order valence-corrected chi connectivity index (χ1v) is 2.66. The van der Waals surface area contributed by atoms with Crippen molar-refractivity contribution in [3.05, 3.63) is 24.3 Å². The van der Waals surface area contributed by atoms with Crippen molar-refractivity contribution in [3.8, 4) is 5.75 Å². The Hall–Kier alpha value is -0.241. The van der Waals surface area contributed by atoms with Gasteiger partial charge in [0.1, 0.15) is 5.75 Å². The summed E-state index contributed by atoms with van der Waals surface area (Å²) in [5.74, 6) is 0.263. The fourth-order valence-corrected chi connectivity index (χ4v) is 0.582. The van der Waals surface area contributed by atoms with Crippen LogP contribution in [-0.4, -0.2) is 5.11 Å². The molecule has 0 bridgehead atoms. The van der Waals surface area contributed by atoms with Gasteiger partial charge >= 0.3 is 17.1 Å². The number of phenols is 1. The monoisotopic (exact) mass is 188 g/mol. The van der Waals surface area contributed by atoms with Crippen LogP contribution in [0.5, 0.6) is 5.75 Å². The van der Waals surface area contributed by atoms with Crippen LogP contribution in [0.25, 0.3) is 0 Å². The molecule has 0 saturated carbocycles. The first kappa shape index (κ1) is 8.76. The van der Waals surface area contributed by atoms with Crippen LogP contribution in [-0.2, 0) is 29.7 Å². The molecule has 0 amide bonds. The molecule has 0 aliphatic carbocycles. The maximum absolute atomic E-state index is 8.71. The Balaban J connectivity index is 0.000000640. The van der Waals surface area contributed by atoms with E-state index in [-0.39, 0.29) is 22.8 Å². The quantitative estimate of drug-likeness (QED) is 0.489. The molecule has 0 spiro atoms. The Morgan fingerprint density at radius 1 is 1.11 bits per heavy atom. The van der Waals surface area contributed by atoms with Gasteiger partial charge in [0, 0.05) is 0 Å². The van der Waals surface area contributed by atoms with E-state index >= 15 is 0 Å². The van der Waals surface area contributed by atoms with Gasteiger partial charge in [0.05, 0.1) is 0 Å². The van der Waals surface area contributed by atoms with E-state index in [0.717, 1.165) is 4.90 Å². The zero-order valence-corrected chi connectivity index (χ0v) is 6.22. The summed E-state index contributed by atoms with van der Waals surface area (Å²) < 4.78 is 0. The van der Waals surface area contributed by atoms with Crippen molar-refractivity contribution in [2.24, 2.45) is 0 Å². The molecule has 0 atom stereocenters. The molecule has 3 heteroatoms. The van der Waals surface area contributed by atoms with Gasteiger partial charge < -0.3 is 17.7 Å². The van der Waals surface area contributed by atoms with Gasteiger partial charge in [-0.1, -0.05) is 12.1 Å². The van der Waals surface area contributed by atoms with Gasteiger partial charge in [0.2, 0.25) is 0 Å². The van der Waals surface area contributed by atoms with E-state index in [1.165, 1.54) is 0 Å². The molecule has 0 aliphatic heterocycles. The molecule has 0 heterocycles. The summed E-state index contributed by atoms with van der Waals surface area (Å²) in [6, 6.07) is 6.51. The Morgan fingerprint density at radius 3 is 1.89 bits per heavy atom. The molecule has 9 heavy (non-hydrogen) atoms. The molecule has 0 aromatic heterocycles. The fraction of sp³-hybridized carbons (Fsp3) is 0. The predicted octanol–water partition coefficient (Wildman–Crippen LogP) is 1.30. The molecule has 0 saturated heterocycles. The summed E-state index contributed by atoms with van der Waals surface area (Å²) in [7, 11) is 0. The number of hydrogen-bond acceptors (Lipinski definition) is 2. The summed E-state index contributed by atoms with van der Waals surface area (Å²) in [4.78, 5) is 0.753. The molecule has 1 rings (SSSR count). The Bertz CT molecular complexity index is 152. The van der Waals surface area contributed by atoms with Crippen molar-refractivity contribution in [1.29, 1.82) is 0 Å². The number of phenolic OH excluding ortho intramolecular Hbond substituents is 1. The molecule has 1 N–H and O–H groups in total. The van der Waals surface area contributed by atoms with Gasteiger partial charge in [-0.2, -0.15) is 4.90 Å². The Labute approximate surface area is 70.0 Å². The van der Waals surface area contributed by atoms with Crippen molar-refractivity contribution in [2.75, 3.05) is 0 Å². The van der Waals surface area contributed by atoms with Crippen molar-refractivity contribution in [3.63, 3.8) is 0 Å². The minimum atomic E-state index is 0. The number of benzene rings is 1. The third-order valence-corrected chi connectivity index (χ3v) is 1.11. The molecule has 0 aliphatic rings. The molecule has 0 radical (unpaired) electrons. The SMILES string of the molecule is Oc1ccc([S-])cc1.[Cu+]. The van der Waals surface area contributed by atoms with Gasteiger partial charge in [-0.15, -0.1) is 0 Å². The smallest absolute Gasteiger partial charge is 0.780 e. The van der Waals surface area contributed by atoms with E-state index in [1.54, 1.807) is 24.3 Å². The zero-order chi connectivity index (χ0) is 5.98. The molecular formula is C6H5CuOS. The average Bonchev–Trinajstić information content (AvgIpc) is 1.77. The largest absolute Gasteiger partial charge is 1.00 e. The van der Waals surface area contributed by atoms with Crippen LogP contribution in [0, 0.1) is 0 Å². The summed E-state index contributed by atoms with van der Waals surface area (Å²) in [6.45, 7) is 0. The van der Waals surface area contributed by atoms with E-state index in [9.17, 15) is 0 Å². The first-order valence-electron chi connectivity index (χ1n) is 2.25. The van der Waals surface area contributed by atoms with Gasteiger partial charge in [0.15, 0.2) is 0 Å². The summed E-state index contributed by atoms with van der Waals surface area (Å²) in [5, 5.41) is 8.71. The average molecular weight is 189 g/mol. The number of aromatic hydroxyl groups is 1. The van der Waals surface area contributed by atoms with Crippen molar-refractivity contribution >= 4 is 12.6 Å². The zero-order valence-electron chi connectivity index (χ0n) is 4.47. The van der Waals surface area contributed by atoms with Crippen LogP contribution < -0.4 is 0 Å². The third-order valence-electron chi connectivity index (χ3n) is 0.837. The van der Waals surface area contributed by atoms with Crippen LogP contribution in [0.1, 0.15) is 0 Å². The van der Waals surface area contributed by atoms with E-state index in [2.05, 4.69) is 0 Å². The van der Waals surface area contributed by atoms with Gasteiger partial charge in [-0.05, 0) is 12.1 Å². The maximum atomic E-state index is 8.71. The second-order valence-electron chi connectivity index (χ2n) is 1.49. The Morgan fingerprint density at radius 2 is 1.56 bits per heavy atom. The fourth-order valence-electron chi connectivity index (χ4n) is 0.446. The van der Waals surface area contributed by atoms with Crippen molar-refractivity contribution < 1.29 is 22.2 Å². The Kier molecular flexibility index (Phi) is 3.62. The van der Waals surface area contributed by atoms with Crippen LogP contribution in [0.3, 0.4) is 0 Å². The minimum absolute atomic E-state index is 0. The van der Waals surface area contributed by atoms with Crippen LogP contribution >= 0.6 is 0 Å². The van der Waals surface area contributed by atoms with E-state index in [4.69, 9.17) is 17.7 Å². The molecule has 1 nitrogen and oxygen atoms in total. The van der Waals surface area contributed by atoms with Crippen molar-refractivity contribution in [2.45, 2.75) is 4.90 Å².